The van der Waals surface area contributed by atoms with Crippen LogP contribution in [-0.4, -0.2) is 26.8 Å². The maximum absolute atomic E-state index is 12.3. The van der Waals surface area contributed by atoms with E-state index in [1.807, 2.05) is 37.5 Å². The summed E-state index contributed by atoms with van der Waals surface area (Å²) in [6, 6.07) is 19.0. The number of hydrogen-bond acceptors (Lipinski definition) is 4. The van der Waals surface area contributed by atoms with E-state index in [9.17, 15) is 4.79 Å². The Balaban J connectivity index is 1.21. The van der Waals surface area contributed by atoms with Gasteiger partial charge in [-0.15, -0.1) is 0 Å². The van der Waals surface area contributed by atoms with Crippen molar-refractivity contribution in [2.75, 3.05) is 5.32 Å². The number of aryl methyl sites for hydroxylation is 1. The van der Waals surface area contributed by atoms with Gasteiger partial charge in [0.2, 0.25) is 0 Å². The summed E-state index contributed by atoms with van der Waals surface area (Å²) in [5.41, 5.74) is 5.39. The van der Waals surface area contributed by atoms with Gasteiger partial charge < -0.3 is 10.6 Å². The van der Waals surface area contributed by atoms with Crippen LogP contribution >= 0.6 is 0 Å². The summed E-state index contributed by atoms with van der Waals surface area (Å²) in [7, 11) is 0. The summed E-state index contributed by atoms with van der Waals surface area (Å²) in [5, 5.41) is 15.7. The van der Waals surface area contributed by atoms with Crippen LogP contribution in [0.25, 0.3) is 16.6 Å². The number of nitrogens with one attached hydrogen (secondary N) is 3. The number of benzene rings is 2. The molecule has 0 spiro atoms. The lowest BCUT2D eigenvalue weighted by Crippen LogP contribution is -2.38. The molecule has 0 saturated heterocycles. The van der Waals surface area contributed by atoms with Crippen molar-refractivity contribution in [3.8, 4) is 5.69 Å². The number of pyridine rings is 1. The van der Waals surface area contributed by atoms with Crippen molar-refractivity contribution in [3.05, 3.63) is 88.5 Å². The van der Waals surface area contributed by atoms with Crippen LogP contribution in [0.4, 0.5) is 5.69 Å². The van der Waals surface area contributed by atoms with Crippen molar-refractivity contribution < 1.29 is 0 Å². The Morgan fingerprint density at radius 3 is 2.94 bits per heavy atom. The molecule has 2 aromatic carbocycles. The molecule has 4 aromatic rings. The average molecular weight is 428 g/mol. The molecule has 1 saturated carbocycles. The number of hydrogen-bond donors (Lipinski definition) is 3. The van der Waals surface area contributed by atoms with E-state index >= 15 is 0 Å². The maximum Gasteiger partial charge on any atom is 0.255 e. The van der Waals surface area contributed by atoms with E-state index < -0.39 is 0 Å². The maximum atomic E-state index is 12.3. The van der Waals surface area contributed by atoms with Crippen molar-refractivity contribution in [2.45, 2.75) is 51.2 Å². The molecule has 32 heavy (non-hydrogen) atoms. The largest absolute Gasteiger partial charge is 0.382 e. The zero-order valence-corrected chi connectivity index (χ0v) is 18.3. The Hall–Kier alpha value is -3.38. The van der Waals surface area contributed by atoms with Gasteiger partial charge in [0.05, 0.1) is 11.7 Å². The molecule has 0 bridgehead atoms. The molecular formula is C26H29N5O. The highest BCUT2D eigenvalue weighted by atomic mass is 16.1. The Kier molecular flexibility index (Phi) is 5.77. The number of aromatic nitrogens is 3. The quantitative estimate of drug-likeness (QED) is 0.422. The third-order valence-electron chi connectivity index (χ3n) is 6.33. The van der Waals surface area contributed by atoms with Crippen LogP contribution in [-0.2, 0) is 6.54 Å². The van der Waals surface area contributed by atoms with Gasteiger partial charge in [0.15, 0.2) is 0 Å². The molecule has 2 heterocycles. The molecule has 6 nitrogen and oxygen atoms in total. The molecule has 2 aromatic heterocycles. The minimum absolute atomic E-state index is 0.00415. The Labute approximate surface area is 187 Å². The predicted molar refractivity (Wildman–Crippen MR) is 129 cm³/mol. The average Bonchev–Trinajstić information content (AvgIpc) is 3.28. The number of H-pyrrole nitrogens is 1. The summed E-state index contributed by atoms with van der Waals surface area (Å²) in [5.74, 6) is 0. The van der Waals surface area contributed by atoms with E-state index in [1.54, 1.807) is 10.6 Å². The topological polar surface area (TPSA) is 74.7 Å². The normalized spacial score (nSPS) is 18.7. The Bertz CT molecular complexity index is 1270. The van der Waals surface area contributed by atoms with Gasteiger partial charge in [-0.3, -0.25) is 14.5 Å². The molecule has 2 atom stereocenters. The van der Waals surface area contributed by atoms with Gasteiger partial charge in [-0.05, 0) is 74.1 Å². The SMILES string of the molecule is Cc1ccc(=O)n(-c2cccc(CN[C@H]3CCC[C@@H](Nc4ccc5[nH]ncc5c4)C3)c2)c1. The fourth-order valence-corrected chi connectivity index (χ4v) is 4.65. The molecule has 1 fully saturated rings. The van der Waals surface area contributed by atoms with E-state index in [0.29, 0.717) is 12.1 Å². The van der Waals surface area contributed by atoms with Crippen LogP contribution in [0.2, 0.25) is 0 Å². The first-order valence-corrected chi connectivity index (χ1v) is 11.4. The highest BCUT2D eigenvalue weighted by Crippen LogP contribution is 2.24. The summed E-state index contributed by atoms with van der Waals surface area (Å²) < 4.78 is 1.72. The van der Waals surface area contributed by atoms with E-state index in [-0.39, 0.29) is 5.56 Å². The van der Waals surface area contributed by atoms with Gasteiger partial charge >= 0.3 is 0 Å². The molecule has 3 N–H and O–H groups in total. The molecule has 164 valence electrons. The number of aromatic amines is 1. The minimum atomic E-state index is -0.00415. The number of nitrogens with zero attached hydrogens (tertiary/aromatic N) is 2. The fraction of sp³-hybridized carbons (Fsp3) is 0.308. The number of fused-ring (bicyclic) bond motifs is 1. The van der Waals surface area contributed by atoms with Crippen LogP contribution in [0.15, 0.2) is 71.8 Å². The van der Waals surface area contributed by atoms with Gasteiger partial charge in [0, 0.05) is 47.7 Å². The van der Waals surface area contributed by atoms with Gasteiger partial charge in [-0.25, -0.2) is 0 Å². The summed E-state index contributed by atoms with van der Waals surface area (Å²) in [6.45, 7) is 2.80. The zero-order valence-electron chi connectivity index (χ0n) is 18.3. The second-order valence-corrected chi connectivity index (χ2v) is 8.84. The van der Waals surface area contributed by atoms with E-state index in [2.05, 4.69) is 51.2 Å². The highest BCUT2D eigenvalue weighted by Gasteiger charge is 2.21. The van der Waals surface area contributed by atoms with Gasteiger partial charge in [0.1, 0.15) is 0 Å². The Morgan fingerprint density at radius 1 is 1.09 bits per heavy atom. The summed E-state index contributed by atoms with van der Waals surface area (Å²) in [4.78, 5) is 12.3. The fourth-order valence-electron chi connectivity index (χ4n) is 4.65. The first-order chi connectivity index (χ1) is 15.6. The van der Waals surface area contributed by atoms with E-state index in [4.69, 9.17) is 0 Å². The third kappa shape index (κ3) is 4.60. The molecule has 6 heteroatoms. The molecular weight excluding hydrogens is 398 g/mol. The third-order valence-corrected chi connectivity index (χ3v) is 6.33. The molecule has 0 radical (unpaired) electrons. The van der Waals surface area contributed by atoms with Crippen molar-refractivity contribution >= 4 is 16.6 Å². The molecule has 0 aliphatic heterocycles. The predicted octanol–water partition coefficient (Wildman–Crippen LogP) is 4.54. The lowest BCUT2D eigenvalue weighted by Gasteiger charge is -2.31. The summed E-state index contributed by atoms with van der Waals surface area (Å²) in [6.07, 6.45) is 8.45. The standard InChI is InChI=1S/C26H29N5O/c1-18-8-11-26(32)31(17-18)24-7-2-4-19(12-24)15-27-21-5-3-6-22(14-21)29-23-9-10-25-20(13-23)16-28-30-25/h2,4,7-13,16-17,21-22,27,29H,3,5-6,14-15H2,1H3,(H,28,30)/t21-,22+/m0/s1. The van der Waals surface area contributed by atoms with E-state index in [0.717, 1.165) is 40.8 Å². The number of anilines is 1. The first-order valence-electron chi connectivity index (χ1n) is 11.4. The van der Waals surface area contributed by atoms with Crippen molar-refractivity contribution in [1.82, 2.24) is 20.1 Å². The van der Waals surface area contributed by atoms with Crippen molar-refractivity contribution in [3.63, 3.8) is 0 Å². The molecule has 0 amide bonds. The summed E-state index contributed by atoms with van der Waals surface area (Å²) >= 11 is 0. The monoisotopic (exact) mass is 427 g/mol. The smallest absolute Gasteiger partial charge is 0.255 e. The first kappa shape index (κ1) is 20.5. The van der Waals surface area contributed by atoms with Crippen molar-refractivity contribution in [1.29, 1.82) is 0 Å². The van der Waals surface area contributed by atoms with Gasteiger partial charge in [0.25, 0.3) is 5.56 Å². The highest BCUT2D eigenvalue weighted by molar-refractivity contribution is 5.81. The van der Waals surface area contributed by atoms with Gasteiger partial charge in [-0.2, -0.15) is 5.10 Å². The molecule has 5 rings (SSSR count). The lowest BCUT2D eigenvalue weighted by atomic mass is 9.90. The van der Waals surface area contributed by atoms with Crippen molar-refractivity contribution in [2.24, 2.45) is 0 Å². The van der Waals surface area contributed by atoms with E-state index in [1.165, 1.54) is 24.8 Å². The van der Waals surface area contributed by atoms with Gasteiger partial charge in [-0.1, -0.05) is 18.2 Å². The van der Waals surface area contributed by atoms with Crippen LogP contribution in [0, 0.1) is 6.92 Å². The van der Waals surface area contributed by atoms with Crippen LogP contribution < -0.4 is 16.2 Å². The molecule has 0 unspecified atom stereocenters. The molecule has 1 aliphatic rings. The number of rotatable bonds is 6. The zero-order chi connectivity index (χ0) is 21.9. The van der Waals surface area contributed by atoms with Crippen LogP contribution in [0.3, 0.4) is 0 Å². The Morgan fingerprint density at radius 2 is 2.00 bits per heavy atom. The molecule has 1 aliphatic carbocycles. The van der Waals surface area contributed by atoms with Crippen LogP contribution in [0.5, 0.6) is 0 Å². The second kappa shape index (κ2) is 9.01. The van der Waals surface area contributed by atoms with Crippen LogP contribution in [0.1, 0.15) is 36.8 Å². The second-order valence-electron chi connectivity index (χ2n) is 8.84. The minimum Gasteiger partial charge on any atom is -0.382 e. The lowest BCUT2D eigenvalue weighted by molar-refractivity contribution is 0.350.